The van der Waals surface area contributed by atoms with Gasteiger partial charge in [-0.05, 0) is 70.1 Å². The van der Waals surface area contributed by atoms with E-state index >= 15 is 0 Å². The van der Waals surface area contributed by atoms with Gasteiger partial charge in [0.05, 0.1) is 6.20 Å². The third-order valence-electron chi connectivity index (χ3n) is 4.57. The van der Waals surface area contributed by atoms with Crippen molar-refractivity contribution < 1.29 is 4.74 Å². The summed E-state index contributed by atoms with van der Waals surface area (Å²) in [5.41, 5.74) is 1.26. The van der Waals surface area contributed by atoms with Crippen LogP contribution in [0, 0.1) is 12.8 Å². The van der Waals surface area contributed by atoms with Gasteiger partial charge < -0.3 is 9.64 Å². The maximum Gasteiger partial charge on any atom is 0.0518 e. The van der Waals surface area contributed by atoms with Crippen LogP contribution in [0.4, 0.5) is 0 Å². The molecule has 126 valence electrons. The van der Waals surface area contributed by atoms with Crippen LogP contribution >= 0.6 is 0 Å². The molecule has 0 unspecified atom stereocenters. The summed E-state index contributed by atoms with van der Waals surface area (Å²) in [5, 5.41) is 4.41. The number of rotatable bonds is 10. The van der Waals surface area contributed by atoms with Gasteiger partial charge in [0.1, 0.15) is 0 Å². The fraction of sp³-hybridized carbons (Fsp3) is 0.833. The highest BCUT2D eigenvalue weighted by atomic mass is 16.5. The average molecular weight is 307 g/mol. The molecule has 1 aliphatic rings. The molecule has 0 bridgehead atoms. The first-order valence-electron chi connectivity index (χ1n) is 9.07. The lowest BCUT2D eigenvalue weighted by Crippen LogP contribution is -2.35. The van der Waals surface area contributed by atoms with Crippen LogP contribution in [0.2, 0.25) is 0 Å². The Kier molecular flexibility index (Phi) is 7.95. The Hall–Kier alpha value is -0.870. The molecule has 4 nitrogen and oxygen atoms in total. The van der Waals surface area contributed by atoms with Crippen molar-refractivity contribution in [3.63, 3.8) is 0 Å². The number of likely N-dealkylation sites (tertiary alicyclic amines) is 1. The van der Waals surface area contributed by atoms with Gasteiger partial charge in [-0.3, -0.25) is 4.68 Å². The van der Waals surface area contributed by atoms with Crippen molar-refractivity contribution in [2.45, 2.75) is 58.9 Å². The van der Waals surface area contributed by atoms with E-state index < -0.39 is 0 Å². The molecular weight excluding hydrogens is 274 g/mol. The molecule has 0 aliphatic carbocycles. The van der Waals surface area contributed by atoms with Crippen LogP contribution in [0.3, 0.4) is 0 Å². The van der Waals surface area contributed by atoms with Gasteiger partial charge in [0.25, 0.3) is 0 Å². The lowest BCUT2D eigenvalue weighted by Gasteiger charge is -2.31. The maximum absolute atomic E-state index is 5.62. The summed E-state index contributed by atoms with van der Waals surface area (Å²) >= 11 is 0. The third-order valence-corrected chi connectivity index (χ3v) is 4.57. The number of hydrogen-bond acceptors (Lipinski definition) is 3. The molecule has 0 radical (unpaired) electrons. The highest BCUT2D eigenvalue weighted by Gasteiger charge is 2.19. The molecule has 22 heavy (non-hydrogen) atoms. The average Bonchev–Trinajstić information content (AvgIpc) is 2.93. The first-order chi connectivity index (χ1) is 10.8. The van der Waals surface area contributed by atoms with Crippen molar-refractivity contribution in [1.29, 1.82) is 0 Å². The monoisotopic (exact) mass is 307 g/mol. The fourth-order valence-corrected chi connectivity index (χ4v) is 3.11. The molecule has 1 aliphatic heterocycles. The second-order valence-corrected chi connectivity index (χ2v) is 6.70. The van der Waals surface area contributed by atoms with Crippen LogP contribution in [0.5, 0.6) is 0 Å². The van der Waals surface area contributed by atoms with Crippen molar-refractivity contribution >= 4 is 0 Å². The van der Waals surface area contributed by atoms with Crippen LogP contribution in [-0.4, -0.2) is 47.5 Å². The van der Waals surface area contributed by atoms with Gasteiger partial charge >= 0.3 is 0 Å². The number of unbranched alkanes of at least 4 members (excludes halogenated alkanes) is 2. The van der Waals surface area contributed by atoms with Crippen LogP contribution in [0.25, 0.3) is 0 Å². The minimum absolute atomic E-state index is 0.799. The zero-order chi connectivity index (χ0) is 15.6. The van der Waals surface area contributed by atoms with Crippen LogP contribution in [-0.2, 0) is 11.3 Å². The van der Waals surface area contributed by atoms with E-state index in [1.165, 1.54) is 63.7 Å². The van der Waals surface area contributed by atoms with Crippen molar-refractivity contribution in [3.8, 4) is 0 Å². The molecule has 0 atom stereocenters. The second kappa shape index (κ2) is 10.0. The van der Waals surface area contributed by atoms with E-state index in [-0.39, 0.29) is 0 Å². The second-order valence-electron chi connectivity index (χ2n) is 6.70. The van der Waals surface area contributed by atoms with Gasteiger partial charge in [0, 0.05) is 26.0 Å². The van der Waals surface area contributed by atoms with E-state index in [2.05, 4.69) is 34.7 Å². The SMILES string of the molecule is CCCCOCCCCN1CCC(Cn2cc(C)cn2)CC1. The Morgan fingerprint density at radius 1 is 1.18 bits per heavy atom. The lowest BCUT2D eigenvalue weighted by molar-refractivity contribution is 0.119. The molecule has 0 amide bonds. The summed E-state index contributed by atoms with van der Waals surface area (Å²) in [6.45, 7) is 11.0. The van der Waals surface area contributed by atoms with Crippen molar-refractivity contribution in [1.82, 2.24) is 14.7 Å². The molecule has 2 rings (SSSR count). The van der Waals surface area contributed by atoms with Crippen molar-refractivity contribution in [2.24, 2.45) is 5.92 Å². The van der Waals surface area contributed by atoms with E-state index in [0.717, 1.165) is 25.7 Å². The van der Waals surface area contributed by atoms with Crippen molar-refractivity contribution in [3.05, 3.63) is 18.0 Å². The Labute approximate surface area is 135 Å². The Morgan fingerprint density at radius 3 is 2.64 bits per heavy atom. The zero-order valence-corrected chi connectivity index (χ0v) is 14.5. The van der Waals surface area contributed by atoms with Gasteiger partial charge in [0.15, 0.2) is 0 Å². The van der Waals surface area contributed by atoms with E-state index in [0.29, 0.717) is 0 Å². The first kappa shape index (κ1) is 17.5. The van der Waals surface area contributed by atoms with Crippen molar-refractivity contribution in [2.75, 3.05) is 32.8 Å². The molecule has 0 N–H and O–H groups in total. The highest BCUT2D eigenvalue weighted by Crippen LogP contribution is 2.19. The zero-order valence-electron chi connectivity index (χ0n) is 14.5. The Morgan fingerprint density at radius 2 is 1.95 bits per heavy atom. The standard InChI is InChI=1S/C18H33N3O/c1-3-4-12-22-13-6-5-9-20-10-7-18(8-11-20)16-21-15-17(2)14-19-21/h14-15,18H,3-13,16H2,1-2H3. The Balaban J connectivity index is 1.50. The third kappa shape index (κ3) is 6.49. The van der Waals surface area contributed by atoms with Gasteiger partial charge in [-0.25, -0.2) is 0 Å². The molecule has 0 spiro atoms. The maximum atomic E-state index is 5.62. The number of ether oxygens (including phenoxy) is 1. The van der Waals surface area contributed by atoms with Gasteiger partial charge in [-0.2, -0.15) is 5.10 Å². The summed E-state index contributed by atoms with van der Waals surface area (Å²) in [4.78, 5) is 2.62. The predicted octanol–water partition coefficient (Wildman–Crippen LogP) is 3.50. The topological polar surface area (TPSA) is 30.3 Å². The first-order valence-corrected chi connectivity index (χ1v) is 9.07. The van der Waals surface area contributed by atoms with Gasteiger partial charge in [-0.15, -0.1) is 0 Å². The van der Waals surface area contributed by atoms with E-state index in [9.17, 15) is 0 Å². The lowest BCUT2D eigenvalue weighted by atomic mass is 9.96. The van der Waals surface area contributed by atoms with Gasteiger partial charge in [-0.1, -0.05) is 13.3 Å². The summed E-state index contributed by atoms with van der Waals surface area (Å²) in [6, 6.07) is 0. The number of aromatic nitrogens is 2. The Bertz CT molecular complexity index is 397. The van der Waals surface area contributed by atoms with Crippen LogP contribution in [0.1, 0.15) is 51.0 Å². The minimum Gasteiger partial charge on any atom is -0.381 e. The molecular formula is C18H33N3O. The molecule has 2 heterocycles. The summed E-state index contributed by atoms with van der Waals surface area (Å²) < 4.78 is 7.74. The highest BCUT2D eigenvalue weighted by molar-refractivity contribution is 4.99. The number of nitrogens with zero attached hydrogens (tertiary/aromatic N) is 3. The minimum atomic E-state index is 0.799. The molecule has 1 saturated heterocycles. The van der Waals surface area contributed by atoms with E-state index in [4.69, 9.17) is 4.74 Å². The molecule has 0 aromatic carbocycles. The number of hydrogen-bond donors (Lipinski definition) is 0. The summed E-state index contributed by atoms with van der Waals surface area (Å²) in [5.74, 6) is 0.799. The largest absolute Gasteiger partial charge is 0.381 e. The summed E-state index contributed by atoms with van der Waals surface area (Å²) in [7, 11) is 0. The number of aryl methyl sites for hydroxylation is 1. The quantitative estimate of drug-likeness (QED) is 0.620. The number of piperidine rings is 1. The molecule has 0 saturated carbocycles. The molecule has 1 aromatic rings. The van der Waals surface area contributed by atoms with Crippen LogP contribution in [0.15, 0.2) is 12.4 Å². The predicted molar refractivity (Wildman–Crippen MR) is 91.1 cm³/mol. The van der Waals surface area contributed by atoms with Crippen LogP contribution < -0.4 is 0 Å². The molecule has 1 aromatic heterocycles. The van der Waals surface area contributed by atoms with E-state index in [1.54, 1.807) is 0 Å². The molecule has 1 fully saturated rings. The van der Waals surface area contributed by atoms with Gasteiger partial charge in [0.2, 0.25) is 0 Å². The molecule has 4 heteroatoms. The fourth-order valence-electron chi connectivity index (χ4n) is 3.11. The van der Waals surface area contributed by atoms with E-state index in [1.807, 2.05) is 6.20 Å². The normalized spacial score (nSPS) is 17.2. The summed E-state index contributed by atoms with van der Waals surface area (Å²) in [6.07, 6.45) is 11.6. The smallest absolute Gasteiger partial charge is 0.0518 e.